The number of hydrogen-bond acceptors (Lipinski definition) is 5. The first kappa shape index (κ1) is 19.1. The molecule has 2 aliphatic rings. The number of Topliss-reactive ketones (excluding diaryl/α,β-unsaturated/α-hetero) is 1. The maximum atomic E-state index is 13.5. The number of carbonyl (C=O) groups is 1. The number of allylic oxidation sites excluding steroid dienone is 2. The maximum absolute atomic E-state index is 13.5. The summed E-state index contributed by atoms with van der Waals surface area (Å²) < 4.78 is 15.3. The molecule has 30 heavy (non-hydrogen) atoms. The van der Waals surface area contributed by atoms with Crippen molar-refractivity contribution in [2.75, 3.05) is 5.32 Å². The quantitative estimate of drug-likeness (QED) is 0.599. The summed E-state index contributed by atoms with van der Waals surface area (Å²) in [7, 11) is 0. The molecule has 0 bridgehead atoms. The van der Waals surface area contributed by atoms with Crippen molar-refractivity contribution in [3.05, 3.63) is 82.3 Å². The number of carbonyl (C=O) groups excluding carboxylic acids is 1. The molecular formula is C23H21FN4OS. The Balaban J connectivity index is 1.50. The molecule has 5 nitrogen and oxygen atoms in total. The fraction of sp³-hybridized carbons (Fsp3) is 0.261. The van der Waals surface area contributed by atoms with Gasteiger partial charge in [-0.15, -0.1) is 5.10 Å². The molecule has 152 valence electrons. The molecule has 0 amide bonds. The number of halogens is 1. The van der Waals surface area contributed by atoms with E-state index in [1.54, 1.807) is 6.07 Å². The Bertz CT molecular complexity index is 1150. The molecule has 0 spiro atoms. The second-order valence-electron chi connectivity index (χ2n) is 7.69. The van der Waals surface area contributed by atoms with Gasteiger partial charge in [0.25, 0.3) is 0 Å². The average molecular weight is 421 g/mol. The molecule has 0 radical (unpaired) electrons. The van der Waals surface area contributed by atoms with Gasteiger partial charge in [0.2, 0.25) is 11.1 Å². The number of thioether (sulfide) groups is 1. The van der Waals surface area contributed by atoms with Crippen LogP contribution in [0.5, 0.6) is 0 Å². The number of aromatic nitrogens is 3. The molecular weight excluding hydrogens is 399 g/mol. The van der Waals surface area contributed by atoms with Gasteiger partial charge in [0.05, 0.1) is 0 Å². The number of anilines is 1. The van der Waals surface area contributed by atoms with E-state index in [1.165, 1.54) is 29.5 Å². The second-order valence-corrected chi connectivity index (χ2v) is 8.63. The molecule has 5 rings (SSSR count). The summed E-state index contributed by atoms with van der Waals surface area (Å²) in [6.07, 6.45) is 2.25. The summed E-state index contributed by atoms with van der Waals surface area (Å²) >= 11 is 1.46. The van der Waals surface area contributed by atoms with Crippen LogP contribution in [-0.2, 0) is 10.5 Å². The predicted octanol–water partition coefficient (Wildman–Crippen LogP) is 5.04. The van der Waals surface area contributed by atoms with Gasteiger partial charge in [0, 0.05) is 23.4 Å². The number of benzene rings is 2. The summed E-state index contributed by atoms with van der Waals surface area (Å²) in [6, 6.07) is 14.5. The summed E-state index contributed by atoms with van der Waals surface area (Å²) in [6.45, 7) is 2.05. The van der Waals surface area contributed by atoms with Crippen LogP contribution < -0.4 is 5.32 Å². The third-order valence-electron chi connectivity index (χ3n) is 5.50. The minimum Gasteiger partial charge on any atom is -0.328 e. The normalized spacial score (nSPS) is 18.1. The smallest absolute Gasteiger partial charge is 0.227 e. The molecule has 1 aliphatic heterocycles. The summed E-state index contributed by atoms with van der Waals surface area (Å²) in [5, 5.41) is 8.67. The third-order valence-corrected chi connectivity index (χ3v) is 6.41. The highest BCUT2D eigenvalue weighted by molar-refractivity contribution is 7.98. The van der Waals surface area contributed by atoms with E-state index in [1.807, 2.05) is 17.7 Å². The van der Waals surface area contributed by atoms with Crippen LogP contribution in [-0.4, -0.2) is 20.5 Å². The third kappa shape index (κ3) is 3.54. The Morgan fingerprint density at radius 3 is 2.83 bits per heavy atom. The van der Waals surface area contributed by atoms with E-state index in [0.717, 1.165) is 35.2 Å². The Morgan fingerprint density at radius 1 is 1.20 bits per heavy atom. The number of nitrogens with zero attached hydrogens (tertiary/aromatic N) is 3. The van der Waals surface area contributed by atoms with E-state index in [9.17, 15) is 9.18 Å². The lowest BCUT2D eigenvalue weighted by Gasteiger charge is -2.32. The van der Waals surface area contributed by atoms with Gasteiger partial charge in [-0.25, -0.2) is 9.07 Å². The van der Waals surface area contributed by atoms with Crippen molar-refractivity contribution >= 4 is 23.5 Å². The number of hydrogen-bond donors (Lipinski definition) is 1. The van der Waals surface area contributed by atoms with Gasteiger partial charge in [-0.2, -0.15) is 4.98 Å². The summed E-state index contributed by atoms with van der Waals surface area (Å²) in [4.78, 5) is 17.5. The van der Waals surface area contributed by atoms with E-state index in [2.05, 4.69) is 34.6 Å². The number of aryl methyl sites for hydroxylation is 1. The maximum Gasteiger partial charge on any atom is 0.227 e. The highest BCUT2D eigenvalue weighted by Gasteiger charge is 2.36. The van der Waals surface area contributed by atoms with Crippen molar-refractivity contribution in [3.8, 4) is 0 Å². The van der Waals surface area contributed by atoms with E-state index < -0.39 is 0 Å². The second kappa shape index (κ2) is 7.72. The first-order valence-corrected chi connectivity index (χ1v) is 11.0. The SMILES string of the molecule is Cc1ccc([C@@H]2C3=C(CCCC3=O)Nc3nc(SCc4cccc(F)c4)nn32)cc1. The lowest BCUT2D eigenvalue weighted by Crippen LogP contribution is -2.31. The Hall–Kier alpha value is -2.93. The van der Waals surface area contributed by atoms with Gasteiger partial charge in [-0.3, -0.25) is 4.79 Å². The molecule has 1 aliphatic carbocycles. The van der Waals surface area contributed by atoms with Crippen molar-refractivity contribution in [2.45, 2.75) is 43.1 Å². The standard InChI is InChI=1S/C23H21FN4OS/c1-14-8-10-16(11-9-14)21-20-18(6-3-7-19(20)29)25-22-26-23(27-28(21)22)30-13-15-4-2-5-17(24)12-15/h2,4-5,8-12,21H,3,6-7,13H2,1H3,(H,25,26,27)/t21-/m1/s1. The Labute approximate surface area is 178 Å². The van der Waals surface area contributed by atoms with Crippen molar-refractivity contribution < 1.29 is 9.18 Å². The van der Waals surface area contributed by atoms with Crippen LogP contribution in [0.1, 0.15) is 42.0 Å². The van der Waals surface area contributed by atoms with E-state index in [4.69, 9.17) is 5.10 Å². The van der Waals surface area contributed by atoms with Gasteiger partial charge in [-0.05, 0) is 43.0 Å². The van der Waals surface area contributed by atoms with Crippen molar-refractivity contribution in [3.63, 3.8) is 0 Å². The van der Waals surface area contributed by atoms with Crippen LogP contribution in [0.4, 0.5) is 10.3 Å². The van der Waals surface area contributed by atoms with Crippen LogP contribution in [0, 0.1) is 12.7 Å². The molecule has 0 fully saturated rings. The summed E-state index contributed by atoms with van der Waals surface area (Å²) in [5.41, 5.74) is 4.82. The summed E-state index contributed by atoms with van der Waals surface area (Å²) in [5.74, 6) is 1.14. The fourth-order valence-electron chi connectivity index (χ4n) is 4.03. The fourth-order valence-corrected chi connectivity index (χ4v) is 4.80. The number of nitrogens with one attached hydrogen (secondary N) is 1. The zero-order valence-electron chi connectivity index (χ0n) is 16.6. The van der Waals surface area contributed by atoms with Crippen molar-refractivity contribution in [1.29, 1.82) is 0 Å². The lowest BCUT2D eigenvalue weighted by atomic mass is 9.85. The Morgan fingerprint density at radius 2 is 2.03 bits per heavy atom. The zero-order valence-corrected chi connectivity index (χ0v) is 17.4. The lowest BCUT2D eigenvalue weighted by molar-refractivity contribution is -0.116. The zero-order chi connectivity index (χ0) is 20.7. The average Bonchev–Trinajstić information content (AvgIpc) is 3.14. The molecule has 3 aromatic rings. The van der Waals surface area contributed by atoms with Crippen LogP contribution in [0.25, 0.3) is 0 Å². The van der Waals surface area contributed by atoms with Gasteiger partial charge in [0.15, 0.2) is 5.78 Å². The number of ketones is 1. The molecule has 2 heterocycles. The monoisotopic (exact) mass is 420 g/mol. The van der Waals surface area contributed by atoms with Crippen LogP contribution in [0.3, 0.4) is 0 Å². The molecule has 2 aromatic carbocycles. The first-order chi connectivity index (χ1) is 14.6. The molecule has 1 atom stereocenters. The van der Waals surface area contributed by atoms with Crippen molar-refractivity contribution in [1.82, 2.24) is 14.8 Å². The van der Waals surface area contributed by atoms with Gasteiger partial charge >= 0.3 is 0 Å². The number of rotatable bonds is 4. The van der Waals surface area contributed by atoms with Crippen LogP contribution in [0.2, 0.25) is 0 Å². The predicted molar refractivity (Wildman–Crippen MR) is 115 cm³/mol. The van der Waals surface area contributed by atoms with Gasteiger partial charge in [0.1, 0.15) is 11.9 Å². The molecule has 1 aromatic heterocycles. The van der Waals surface area contributed by atoms with Crippen molar-refractivity contribution in [2.24, 2.45) is 0 Å². The molecule has 0 saturated heterocycles. The molecule has 0 saturated carbocycles. The minimum absolute atomic E-state index is 0.171. The van der Waals surface area contributed by atoms with Crippen LogP contribution in [0.15, 0.2) is 65.0 Å². The van der Waals surface area contributed by atoms with Gasteiger partial charge < -0.3 is 5.32 Å². The number of fused-ring (bicyclic) bond motifs is 1. The first-order valence-electron chi connectivity index (χ1n) is 10.0. The molecule has 1 N–H and O–H groups in total. The highest BCUT2D eigenvalue weighted by Crippen LogP contribution is 2.40. The van der Waals surface area contributed by atoms with Gasteiger partial charge in [-0.1, -0.05) is 53.7 Å². The largest absolute Gasteiger partial charge is 0.328 e. The molecule has 7 heteroatoms. The van der Waals surface area contributed by atoms with E-state index in [-0.39, 0.29) is 17.6 Å². The van der Waals surface area contributed by atoms with E-state index in [0.29, 0.717) is 23.3 Å². The van der Waals surface area contributed by atoms with E-state index >= 15 is 0 Å². The molecule has 0 unspecified atom stereocenters. The van der Waals surface area contributed by atoms with Crippen LogP contribution >= 0.6 is 11.8 Å². The minimum atomic E-state index is -0.277. The topological polar surface area (TPSA) is 59.8 Å². The Kier molecular flexibility index (Phi) is 4.90. The highest BCUT2D eigenvalue weighted by atomic mass is 32.2.